The minimum absolute atomic E-state index is 0. The Morgan fingerprint density at radius 2 is 1.73 bits per heavy atom. The molecule has 0 aliphatic heterocycles. The van der Waals surface area contributed by atoms with Crippen molar-refractivity contribution in [2.45, 2.75) is 18.7 Å². The molecule has 0 saturated heterocycles. The van der Waals surface area contributed by atoms with Gasteiger partial charge in [-0.1, -0.05) is 11.2 Å². The van der Waals surface area contributed by atoms with Crippen LogP contribution < -0.4 is 78.2 Å². The minimum Gasteiger partial charge on any atom is -0.780 e. The summed E-state index contributed by atoms with van der Waals surface area (Å²) in [6.07, 6.45) is 3.29. The van der Waals surface area contributed by atoms with Crippen molar-refractivity contribution in [1.82, 2.24) is 5.16 Å². The van der Waals surface area contributed by atoms with Crippen LogP contribution in [0.2, 0.25) is 0 Å². The number of phosphoric ester groups is 1. The summed E-state index contributed by atoms with van der Waals surface area (Å²) in [5.41, 5.74) is 4.05. The fourth-order valence-electron chi connectivity index (χ4n) is 2.86. The summed E-state index contributed by atoms with van der Waals surface area (Å²) < 4.78 is 26.6. The van der Waals surface area contributed by atoms with Crippen LogP contribution in [0.15, 0.2) is 45.9 Å². The summed E-state index contributed by atoms with van der Waals surface area (Å²) in [7, 11) is -3.59. The van der Waals surface area contributed by atoms with Gasteiger partial charge in [0.1, 0.15) is 19.3 Å². The fourth-order valence-corrected chi connectivity index (χ4v) is 3.82. The normalized spacial score (nSPS) is 10.7. The third kappa shape index (κ3) is 6.39. The van der Waals surface area contributed by atoms with Gasteiger partial charge >= 0.3 is 59.1 Å². The Labute approximate surface area is 223 Å². The molecule has 0 unspecified atom stereocenters. The summed E-state index contributed by atoms with van der Waals surface area (Å²) in [6.45, 7) is 3.94. The average molecular weight is 465 g/mol. The zero-order valence-corrected chi connectivity index (χ0v) is 23.4. The summed E-state index contributed by atoms with van der Waals surface area (Å²) in [5, 5.41) is 3.89. The molecule has 11 heteroatoms. The Hall–Kier alpha value is -0.250. The van der Waals surface area contributed by atoms with Crippen LogP contribution in [0.5, 0.6) is 11.5 Å². The Morgan fingerprint density at radius 3 is 2.33 bits per heavy atom. The first-order chi connectivity index (χ1) is 13.2. The van der Waals surface area contributed by atoms with E-state index in [2.05, 4.69) is 9.68 Å². The SMILES string of the molecule is COc1cc(-c2oncc2-c2ccc(SC)c(OP(=O)([O-])[O-])c2)cc(C)c1C.[Na+].[Na+]. The summed E-state index contributed by atoms with van der Waals surface area (Å²) in [4.78, 5) is 22.7. The van der Waals surface area contributed by atoms with Crippen molar-refractivity contribution in [3.8, 4) is 33.9 Å². The molecular formula is C19H18NNa2O6PS. The van der Waals surface area contributed by atoms with E-state index < -0.39 is 7.82 Å². The van der Waals surface area contributed by atoms with Crippen LogP contribution in [0.1, 0.15) is 11.1 Å². The molecule has 3 aromatic rings. The van der Waals surface area contributed by atoms with Gasteiger partial charge < -0.3 is 28.1 Å². The van der Waals surface area contributed by atoms with Crippen LogP contribution in [0.4, 0.5) is 0 Å². The second kappa shape index (κ2) is 11.6. The van der Waals surface area contributed by atoms with Crippen molar-refractivity contribution < 1.29 is 87.3 Å². The number of nitrogens with zero attached hydrogens (tertiary/aromatic N) is 1. The van der Waals surface area contributed by atoms with Crippen LogP contribution in [-0.2, 0) is 4.57 Å². The predicted molar refractivity (Wildman–Crippen MR) is 103 cm³/mol. The van der Waals surface area contributed by atoms with Gasteiger partial charge in [-0.15, -0.1) is 11.8 Å². The number of phosphoric acid groups is 1. The molecule has 0 radical (unpaired) electrons. The maximum absolute atomic E-state index is 11.1. The Bertz CT molecular complexity index is 1070. The van der Waals surface area contributed by atoms with E-state index >= 15 is 0 Å². The molecule has 3 rings (SSSR count). The zero-order valence-electron chi connectivity index (χ0n) is 17.7. The summed E-state index contributed by atoms with van der Waals surface area (Å²) in [5.74, 6) is 1.19. The molecular weight excluding hydrogens is 447 g/mol. The number of aromatic nitrogens is 1. The van der Waals surface area contributed by atoms with E-state index in [0.717, 1.165) is 22.4 Å². The van der Waals surface area contributed by atoms with E-state index in [-0.39, 0.29) is 64.9 Å². The second-order valence-corrected chi connectivity index (χ2v) is 8.02. The zero-order chi connectivity index (χ0) is 20.5. The van der Waals surface area contributed by atoms with Gasteiger partial charge in [-0.05, 0) is 61.1 Å². The molecule has 1 heterocycles. The van der Waals surface area contributed by atoms with E-state index in [0.29, 0.717) is 21.8 Å². The second-order valence-electron chi connectivity index (χ2n) is 6.09. The van der Waals surface area contributed by atoms with Crippen LogP contribution in [0, 0.1) is 13.8 Å². The number of benzene rings is 2. The van der Waals surface area contributed by atoms with Crippen molar-refractivity contribution >= 4 is 19.6 Å². The molecule has 2 aromatic carbocycles. The van der Waals surface area contributed by atoms with Crippen LogP contribution in [0.3, 0.4) is 0 Å². The van der Waals surface area contributed by atoms with Gasteiger partial charge in [-0.3, -0.25) is 0 Å². The molecule has 0 amide bonds. The van der Waals surface area contributed by atoms with Gasteiger partial charge in [0.2, 0.25) is 0 Å². The van der Waals surface area contributed by atoms with E-state index in [1.54, 1.807) is 25.5 Å². The number of thioether (sulfide) groups is 1. The molecule has 1 aromatic heterocycles. The van der Waals surface area contributed by atoms with Crippen molar-refractivity contribution in [2.24, 2.45) is 0 Å². The van der Waals surface area contributed by atoms with Gasteiger partial charge in [0.25, 0.3) is 0 Å². The molecule has 148 valence electrons. The third-order valence-electron chi connectivity index (χ3n) is 4.36. The van der Waals surface area contributed by atoms with Gasteiger partial charge in [0, 0.05) is 16.0 Å². The third-order valence-corrected chi connectivity index (χ3v) is 5.55. The van der Waals surface area contributed by atoms with Crippen LogP contribution >= 0.6 is 19.6 Å². The molecule has 7 nitrogen and oxygen atoms in total. The van der Waals surface area contributed by atoms with Crippen molar-refractivity contribution in [3.63, 3.8) is 0 Å². The summed E-state index contributed by atoms with van der Waals surface area (Å²) >= 11 is 1.27. The first-order valence-electron chi connectivity index (χ1n) is 8.24. The topological polar surface area (TPSA) is 108 Å². The molecule has 0 aliphatic carbocycles. The Morgan fingerprint density at radius 1 is 1.07 bits per heavy atom. The van der Waals surface area contributed by atoms with Crippen molar-refractivity contribution in [1.29, 1.82) is 0 Å². The molecule has 0 aliphatic rings. The first kappa shape index (κ1) is 27.8. The van der Waals surface area contributed by atoms with Crippen molar-refractivity contribution in [2.75, 3.05) is 13.4 Å². The van der Waals surface area contributed by atoms with E-state index in [4.69, 9.17) is 9.26 Å². The summed E-state index contributed by atoms with van der Waals surface area (Å²) in [6, 6.07) is 8.77. The first-order valence-corrected chi connectivity index (χ1v) is 10.9. The number of methoxy groups -OCH3 is 1. The van der Waals surface area contributed by atoms with E-state index in [1.807, 2.05) is 26.0 Å². The molecule has 0 bridgehead atoms. The van der Waals surface area contributed by atoms with Crippen LogP contribution in [-0.4, -0.2) is 18.5 Å². The quantitative estimate of drug-likeness (QED) is 0.225. The molecule has 0 spiro atoms. The predicted octanol–water partition coefficient (Wildman–Crippen LogP) is -2.43. The molecule has 0 fully saturated rings. The number of aryl methyl sites for hydroxylation is 1. The van der Waals surface area contributed by atoms with Gasteiger partial charge in [0.05, 0.1) is 13.3 Å². The van der Waals surface area contributed by atoms with E-state index in [1.165, 1.54) is 24.0 Å². The number of rotatable bonds is 6. The molecule has 0 saturated carbocycles. The molecule has 30 heavy (non-hydrogen) atoms. The van der Waals surface area contributed by atoms with Crippen molar-refractivity contribution in [3.05, 3.63) is 47.7 Å². The average Bonchev–Trinajstić information content (AvgIpc) is 3.12. The standard InChI is InChI=1S/C19H20NO6PS.2Na/c1-11-7-14(9-16(24-3)12(11)2)19-15(10-20-25-19)13-5-6-18(28-4)17(8-13)26-27(21,22)23;;/h5-10H,1-4H3,(H2,21,22,23);;/q;2*+1/p-2. The minimum atomic E-state index is -5.19. The Kier molecular flexibility index (Phi) is 10.7. The van der Waals surface area contributed by atoms with Gasteiger partial charge in [0.15, 0.2) is 5.76 Å². The number of ether oxygens (including phenoxy) is 1. The molecule has 0 N–H and O–H groups in total. The smallest absolute Gasteiger partial charge is 0.780 e. The Balaban J connectivity index is 0.00000225. The maximum atomic E-state index is 11.1. The maximum Gasteiger partial charge on any atom is 1.00 e. The van der Waals surface area contributed by atoms with Crippen LogP contribution in [0.25, 0.3) is 22.5 Å². The van der Waals surface area contributed by atoms with Gasteiger partial charge in [-0.2, -0.15) is 0 Å². The largest absolute Gasteiger partial charge is 1.00 e. The molecule has 0 atom stereocenters. The monoisotopic (exact) mass is 465 g/mol. The van der Waals surface area contributed by atoms with Gasteiger partial charge in [-0.25, -0.2) is 0 Å². The van der Waals surface area contributed by atoms with E-state index in [9.17, 15) is 14.4 Å². The fraction of sp³-hybridized carbons (Fsp3) is 0.211. The number of hydrogen-bond acceptors (Lipinski definition) is 8. The number of hydrogen-bond donors (Lipinski definition) is 0.